The van der Waals surface area contributed by atoms with Gasteiger partial charge in [0.05, 0.1) is 10.2 Å². The fourth-order valence-electron chi connectivity index (χ4n) is 2.48. The number of carbonyl (C=O) groups excluding carboxylic acids is 2. The highest BCUT2D eigenvalue weighted by molar-refractivity contribution is 9.10. The predicted molar refractivity (Wildman–Crippen MR) is 101 cm³/mol. The maximum atomic E-state index is 12.5. The van der Waals surface area contributed by atoms with E-state index < -0.39 is 0 Å². The van der Waals surface area contributed by atoms with E-state index in [9.17, 15) is 9.59 Å². The number of aryl methyl sites for hydroxylation is 3. The molecule has 26 heavy (non-hydrogen) atoms. The number of nitrogens with one attached hydrogen (secondary N) is 2. The molecule has 9 heteroatoms. The molecule has 0 saturated heterocycles. The number of benzene rings is 1. The van der Waals surface area contributed by atoms with Crippen molar-refractivity contribution in [1.82, 2.24) is 19.6 Å². The van der Waals surface area contributed by atoms with Crippen LogP contribution in [0.3, 0.4) is 0 Å². The molecule has 8 nitrogen and oxygen atoms in total. The summed E-state index contributed by atoms with van der Waals surface area (Å²) in [4.78, 5) is 24.7. The van der Waals surface area contributed by atoms with Crippen LogP contribution in [0.25, 0.3) is 0 Å². The molecule has 3 aromatic rings. The molecule has 2 aromatic heterocycles. The van der Waals surface area contributed by atoms with Gasteiger partial charge >= 0.3 is 0 Å². The first-order valence-corrected chi connectivity index (χ1v) is 8.56. The number of anilines is 2. The highest BCUT2D eigenvalue weighted by Crippen LogP contribution is 2.22. The molecular formula is C17H17BrN6O2. The van der Waals surface area contributed by atoms with E-state index in [0.29, 0.717) is 27.2 Å². The highest BCUT2D eigenvalue weighted by Gasteiger charge is 2.18. The van der Waals surface area contributed by atoms with Crippen LogP contribution in [0.4, 0.5) is 11.4 Å². The lowest BCUT2D eigenvalue weighted by molar-refractivity contribution is 0.101. The average molecular weight is 417 g/mol. The van der Waals surface area contributed by atoms with Crippen molar-refractivity contribution in [2.75, 3.05) is 10.6 Å². The Labute approximate surface area is 158 Å². The van der Waals surface area contributed by atoms with Crippen molar-refractivity contribution in [3.8, 4) is 0 Å². The van der Waals surface area contributed by atoms with Gasteiger partial charge in [-0.05, 0) is 47.1 Å². The van der Waals surface area contributed by atoms with Gasteiger partial charge < -0.3 is 10.6 Å². The van der Waals surface area contributed by atoms with Crippen molar-refractivity contribution in [3.63, 3.8) is 0 Å². The van der Waals surface area contributed by atoms with E-state index in [1.54, 1.807) is 55.3 Å². The number of carbonyl (C=O) groups is 2. The molecule has 2 N–H and O–H groups in total. The van der Waals surface area contributed by atoms with Gasteiger partial charge in [-0.3, -0.25) is 19.0 Å². The molecule has 0 aliphatic heterocycles. The summed E-state index contributed by atoms with van der Waals surface area (Å²) in [5.74, 6) is -0.618. The maximum absolute atomic E-state index is 12.5. The van der Waals surface area contributed by atoms with Gasteiger partial charge in [-0.25, -0.2) is 0 Å². The number of hydrogen-bond acceptors (Lipinski definition) is 4. The van der Waals surface area contributed by atoms with E-state index in [0.717, 1.165) is 5.69 Å². The Morgan fingerprint density at radius 3 is 2.23 bits per heavy atom. The number of halogens is 1. The van der Waals surface area contributed by atoms with E-state index in [-0.39, 0.29) is 11.8 Å². The van der Waals surface area contributed by atoms with Crippen LogP contribution in [0.15, 0.2) is 41.0 Å². The molecule has 134 valence electrons. The molecule has 0 bridgehead atoms. The van der Waals surface area contributed by atoms with Gasteiger partial charge in [0.15, 0.2) is 5.69 Å². The fraction of sp³-hybridized carbons (Fsp3) is 0.176. The first kappa shape index (κ1) is 17.9. The van der Waals surface area contributed by atoms with E-state index in [1.807, 2.05) is 6.92 Å². The second-order valence-corrected chi connectivity index (χ2v) is 6.53. The highest BCUT2D eigenvalue weighted by atomic mass is 79.9. The van der Waals surface area contributed by atoms with Crippen molar-refractivity contribution in [3.05, 3.63) is 58.1 Å². The summed E-state index contributed by atoms with van der Waals surface area (Å²) in [7, 11) is 3.45. The summed E-state index contributed by atoms with van der Waals surface area (Å²) in [5, 5.41) is 13.8. The third-order valence-corrected chi connectivity index (χ3v) is 4.64. The maximum Gasteiger partial charge on any atom is 0.276 e. The van der Waals surface area contributed by atoms with E-state index in [4.69, 9.17) is 0 Å². The lowest BCUT2D eigenvalue weighted by atomic mass is 10.2. The monoisotopic (exact) mass is 416 g/mol. The molecule has 2 amide bonds. The van der Waals surface area contributed by atoms with Gasteiger partial charge in [0.25, 0.3) is 11.8 Å². The largest absolute Gasteiger partial charge is 0.321 e. The number of hydrogen-bond donors (Lipinski definition) is 2. The lowest BCUT2D eigenvalue weighted by Crippen LogP contribution is -2.17. The minimum absolute atomic E-state index is 0.298. The Kier molecular flexibility index (Phi) is 4.90. The SMILES string of the molecule is Cc1nn(C)c(C(=O)Nc2cccc(NC(=O)c3ccn(C)n3)c2)c1Br. The predicted octanol–water partition coefficient (Wildman–Crippen LogP) is 2.73. The molecule has 0 spiro atoms. The molecule has 0 atom stereocenters. The zero-order valence-corrected chi connectivity index (χ0v) is 16.0. The first-order chi connectivity index (χ1) is 12.3. The first-order valence-electron chi connectivity index (χ1n) is 7.76. The number of rotatable bonds is 4. The van der Waals surface area contributed by atoms with Crippen molar-refractivity contribution in [2.45, 2.75) is 6.92 Å². The quantitative estimate of drug-likeness (QED) is 0.683. The molecule has 0 aliphatic rings. The molecule has 0 saturated carbocycles. The van der Waals surface area contributed by atoms with Gasteiger partial charge in [0.2, 0.25) is 0 Å². The number of nitrogens with zero attached hydrogens (tertiary/aromatic N) is 4. The molecule has 0 radical (unpaired) electrons. The standard InChI is InChI=1S/C17H17BrN6O2/c1-10-14(18)15(24(3)21-10)17(26)20-12-6-4-5-11(9-12)19-16(25)13-7-8-23(2)22-13/h4-9H,1-3H3,(H,19,25)(H,20,26). The van der Waals surface area contributed by atoms with Crippen LogP contribution in [-0.2, 0) is 14.1 Å². The van der Waals surface area contributed by atoms with Crippen molar-refractivity contribution < 1.29 is 9.59 Å². The van der Waals surface area contributed by atoms with E-state index >= 15 is 0 Å². The molecule has 0 unspecified atom stereocenters. The van der Waals surface area contributed by atoms with Gasteiger partial charge in [-0.1, -0.05) is 6.07 Å². The minimum Gasteiger partial charge on any atom is -0.321 e. The number of aromatic nitrogens is 4. The molecule has 0 aliphatic carbocycles. The smallest absolute Gasteiger partial charge is 0.276 e. The van der Waals surface area contributed by atoms with Gasteiger partial charge in [0.1, 0.15) is 5.69 Å². The third-order valence-electron chi connectivity index (χ3n) is 3.69. The molecule has 0 fully saturated rings. The fourth-order valence-corrected chi connectivity index (χ4v) is 2.99. The summed E-state index contributed by atoms with van der Waals surface area (Å²) in [6.07, 6.45) is 1.69. The summed E-state index contributed by atoms with van der Waals surface area (Å²) in [6, 6.07) is 8.53. The molecule has 1 aromatic carbocycles. The summed E-state index contributed by atoms with van der Waals surface area (Å²) in [6.45, 7) is 1.81. The Balaban J connectivity index is 1.75. The zero-order valence-electron chi connectivity index (χ0n) is 14.4. The van der Waals surface area contributed by atoms with E-state index in [1.165, 1.54) is 4.68 Å². The Morgan fingerprint density at radius 1 is 1.04 bits per heavy atom. The molecule has 2 heterocycles. The minimum atomic E-state index is -0.320. The summed E-state index contributed by atoms with van der Waals surface area (Å²) in [5.41, 5.74) is 2.58. The van der Waals surface area contributed by atoms with Crippen LogP contribution in [0, 0.1) is 6.92 Å². The summed E-state index contributed by atoms with van der Waals surface area (Å²) >= 11 is 3.38. The molecule has 3 rings (SSSR count). The molecular weight excluding hydrogens is 400 g/mol. The Hall–Kier alpha value is -2.94. The normalized spacial score (nSPS) is 10.6. The van der Waals surface area contributed by atoms with Gasteiger partial charge in [-0.15, -0.1) is 0 Å². The third kappa shape index (κ3) is 3.67. The van der Waals surface area contributed by atoms with Crippen LogP contribution in [0.2, 0.25) is 0 Å². The number of amides is 2. The Bertz CT molecular complexity index is 991. The van der Waals surface area contributed by atoms with Crippen LogP contribution in [-0.4, -0.2) is 31.4 Å². The Morgan fingerprint density at radius 2 is 1.69 bits per heavy atom. The second-order valence-electron chi connectivity index (χ2n) is 5.74. The lowest BCUT2D eigenvalue weighted by Gasteiger charge is -2.09. The van der Waals surface area contributed by atoms with Crippen LogP contribution in [0.5, 0.6) is 0 Å². The van der Waals surface area contributed by atoms with Gasteiger partial charge in [0, 0.05) is 31.7 Å². The second kappa shape index (κ2) is 7.12. The van der Waals surface area contributed by atoms with Crippen LogP contribution >= 0.6 is 15.9 Å². The van der Waals surface area contributed by atoms with Gasteiger partial charge in [-0.2, -0.15) is 10.2 Å². The van der Waals surface area contributed by atoms with Crippen molar-refractivity contribution in [1.29, 1.82) is 0 Å². The van der Waals surface area contributed by atoms with Crippen molar-refractivity contribution in [2.24, 2.45) is 14.1 Å². The van der Waals surface area contributed by atoms with Crippen molar-refractivity contribution >= 4 is 39.1 Å². The van der Waals surface area contributed by atoms with E-state index in [2.05, 4.69) is 36.8 Å². The van der Waals surface area contributed by atoms with Crippen LogP contribution < -0.4 is 10.6 Å². The average Bonchev–Trinajstić information content (AvgIpc) is 3.11. The topological polar surface area (TPSA) is 93.8 Å². The zero-order chi connectivity index (χ0) is 18.8. The summed E-state index contributed by atoms with van der Waals surface area (Å²) < 4.78 is 3.72. The van der Waals surface area contributed by atoms with Crippen LogP contribution in [0.1, 0.15) is 26.7 Å².